The van der Waals surface area contributed by atoms with Crippen molar-refractivity contribution in [3.8, 4) is 5.75 Å². The molecule has 2 aromatic carbocycles. The molecule has 0 unspecified atom stereocenters. The van der Waals surface area contributed by atoms with Gasteiger partial charge in [-0.15, -0.1) is 11.8 Å². The quantitative estimate of drug-likeness (QED) is 0.751. The maximum Gasteiger partial charge on any atom is 0.417 e. The van der Waals surface area contributed by atoms with E-state index >= 15 is 0 Å². The second-order valence-electron chi connectivity index (χ2n) is 5.01. The summed E-state index contributed by atoms with van der Waals surface area (Å²) in [4.78, 5) is 24.2. The number of alkyl halides is 3. The highest BCUT2D eigenvalue weighted by Gasteiger charge is 2.33. The maximum absolute atomic E-state index is 12.8. The summed E-state index contributed by atoms with van der Waals surface area (Å²) in [6.07, 6.45) is -4.59. The predicted octanol–water partition coefficient (Wildman–Crippen LogP) is 4.42. The molecule has 2 aromatic rings. The van der Waals surface area contributed by atoms with Crippen molar-refractivity contribution < 1.29 is 27.5 Å². The molecule has 0 aliphatic rings. The van der Waals surface area contributed by atoms with Crippen molar-refractivity contribution >= 4 is 35.2 Å². The molecule has 2 amide bonds. The number of thioether (sulfide) groups is 1. The van der Waals surface area contributed by atoms with E-state index in [4.69, 9.17) is 16.3 Å². The normalized spacial score (nSPS) is 11.1. The average Bonchev–Trinajstić information content (AvgIpc) is 2.59. The van der Waals surface area contributed by atoms with Crippen molar-refractivity contribution in [1.29, 1.82) is 0 Å². The van der Waals surface area contributed by atoms with Crippen LogP contribution in [0.5, 0.6) is 5.75 Å². The van der Waals surface area contributed by atoms with Gasteiger partial charge < -0.3 is 4.74 Å². The zero-order valence-corrected chi connectivity index (χ0v) is 15.0. The van der Waals surface area contributed by atoms with E-state index in [2.05, 4.69) is 5.32 Å². The summed E-state index contributed by atoms with van der Waals surface area (Å²) in [5, 5.41) is 1.75. The molecule has 0 saturated heterocycles. The third kappa shape index (κ3) is 5.15. The van der Waals surface area contributed by atoms with Gasteiger partial charge in [0, 0.05) is 4.90 Å². The Morgan fingerprint density at radius 3 is 2.54 bits per heavy atom. The largest absolute Gasteiger partial charge is 0.496 e. The molecule has 1 N–H and O–H groups in total. The van der Waals surface area contributed by atoms with E-state index < -0.39 is 28.6 Å². The first-order valence-electron chi connectivity index (χ1n) is 7.19. The van der Waals surface area contributed by atoms with E-state index in [0.717, 1.165) is 23.9 Å². The van der Waals surface area contributed by atoms with Crippen LogP contribution >= 0.6 is 23.4 Å². The molecule has 0 atom stereocenters. The second-order valence-corrected chi connectivity index (χ2v) is 6.46. The van der Waals surface area contributed by atoms with Crippen molar-refractivity contribution in [2.24, 2.45) is 0 Å². The Morgan fingerprint density at radius 2 is 1.88 bits per heavy atom. The van der Waals surface area contributed by atoms with Crippen molar-refractivity contribution in [2.45, 2.75) is 11.1 Å². The molecule has 0 aromatic heterocycles. The molecule has 0 spiro atoms. The van der Waals surface area contributed by atoms with Crippen LogP contribution in [-0.2, 0) is 11.0 Å². The molecule has 0 aliphatic carbocycles. The van der Waals surface area contributed by atoms with Crippen LogP contribution in [0.4, 0.5) is 13.2 Å². The van der Waals surface area contributed by atoms with Crippen LogP contribution < -0.4 is 10.1 Å². The monoisotopic (exact) mass is 403 g/mol. The summed E-state index contributed by atoms with van der Waals surface area (Å²) < 4.78 is 43.5. The lowest BCUT2D eigenvalue weighted by Gasteiger charge is -2.11. The van der Waals surface area contributed by atoms with Gasteiger partial charge in [0.05, 0.1) is 29.0 Å². The summed E-state index contributed by atoms with van der Waals surface area (Å²) in [6, 6.07) is 9.70. The highest BCUT2D eigenvalue weighted by molar-refractivity contribution is 8.00. The van der Waals surface area contributed by atoms with Gasteiger partial charge in [-0.25, -0.2) is 0 Å². The van der Waals surface area contributed by atoms with Crippen LogP contribution in [0, 0.1) is 0 Å². The molecule has 0 bridgehead atoms. The Morgan fingerprint density at radius 1 is 1.19 bits per heavy atom. The Hall–Kier alpha value is -2.19. The molecular weight excluding hydrogens is 391 g/mol. The van der Waals surface area contributed by atoms with Gasteiger partial charge in [0.15, 0.2) is 0 Å². The molecule has 0 saturated carbocycles. The molecule has 4 nitrogen and oxygen atoms in total. The Labute approximate surface area is 156 Å². The summed E-state index contributed by atoms with van der Waals surface area (Å²) in [5.74, 6) is -1.23. The Balaban J connectivity index is 2.00. The number of imide groups is 1. The van der Waals surface area contributed by atoms with Gasteiger partial charge in [-0.3, -0.25) is 14.9 Å². The summed E-state index contributed by atoms with van der Waals surface area (Å²) >= 11 is 6.40. The molecule has 2 rings (SSSR count). The summed E-state index contributed by atoms with van der Waals surface area (Å²) in [5.41, 5.74) is -0.797. The van der Waals surface area contributed by atoms with Crippen molar-refractivity contribution in [3.05, 3.63) is 58.6 Å². The van der Waals surface area contributed by atoms with E-state index in [1.165, 1.54) is 19.2 Å². The number of hydrogen-bond donors (Lipinski definition) is 1. The highest BCUT2D eigenvalue weighted by Crippen LogP contribution is 2.36. The first-order chi connectivity index (χ1) is 12.2. The SMILES string of the molecule is COc1ccccc1C(=O)NC(=O)CSc1ccc(Cl)c(C(F)(F)F)c1. The molecular formula is C17H13ClF3NO3S. The predicted molar refractivity (Wildman–Crippen MR) is 92.6 cm³/mol. The number of para-hydroxylation sites is 1. The van der Waals surface area contributed by atoms with Gasteiger partial charge in [0.1, 0.15) is 5.75 Å². The standard InChI is InChI=1S/C17H13ClF3NO3S/c1-25-14-5-3-2-4-11(14)16(24)22-15(23)9-26-10-6-7-13(18)12(8-10)17(19,20)21/h2-8H,9H2,1H3,(H,22,23,24). The average molecular weight is 404 g/mol. The van der Waals surface area contributed by atoms with Crippen LogP contribution in [-0.4, -0.2) is 24.7 Å². The van der Waals surface area contributed by atoms with Gasteiger partial charge in [-0.05, 0) is 30.3 Å². The minimum Gasteiger partial charge on any atom is -0.496 e. The van der Waals surface area contributed by atoms with Crippen LogP contribution in [0.2, 0.25) is 5.02 Å². The van der Waals surface area contributed by atoms with Gasteiger partial charge in [0.2, 0.25) is 5.91 Å². The maximum atomic E-state index is 12.8. The Kier molecular flexibility index (Phi) is 6.55. The fraction of sp³-hybridized carbons (Fsp3) is 0.176. The number of amides is 2. The van der Waals surface area contributed by atoms with Gasteiger partial charge in [-0.2, -0.15) is 13.2 Å². The minimum atomic E-state index is -4.59. The van der Waals surface area contributed by atoms with Crippen LogP contribution in [0.25, 0.3) is 0 Å². The number of hydrogen-bond acceptors (Lipinski definition) is 4. The molecule has 0 radical (unpaired) electrons. The van der Waals surface area contributed by atoms with E-state index in [-0.39, 0.29) is 16.2 Å². The fourth-order valence-corrected chi connectivity index (χ4v) is 2.98. The zero-order valence-electron chi connectivity index (χ0n) is 13.4. The minimum absolute atomic E-state index is 0.180. The number of carbonyl (C=O) groups is 2. The van der Waals surface area contributed by atoms with E-state index in [1.807, 2.05) is 0 Å². The second kappa shape index (κ2) is 8.46. The topological polar surface area (TPSA) is 55.4 Å². The first kappa shape index (κ1) is 20.1. The molecule has 0 heterocycles. The van der Waals surface area contributed by atoms with Gasteiger partial charge >= 0.3 is 6.18 Å². The third-order valence-electron chi connectivity index (χ3n) is 3.22. The van der Waals surface area contributed by atoms with Crippen LogP contribution in [0.1, 0.15) is 15.9 Å². The number of carbonyl (C=O) groups excluding carboxylic acids is 2. The first-order valence-corrected chi connectivity index (χ1v) is 8.55. The van der Waals surface area contributed by atoms with Crippen LogP contribution in [0.15, 0.2) is 47.4 Å². The van der Waals surface area contributed by atoms with Crippen molar-refractivity contribution in [1.82, 2.24) is 5.32 Å². The number of halogens is 4. The molecule has 0 fully saturated rings. The van der Waals surface area contributed by atoms with E-state index in [0.29, 0.717) is 5.75 Å². The third-order valence-corrected chi connectivity index (χ3v) is 4.54. The number of rotatable bonds is 5. The Bertz CT molecular complexity index is 827. The van der Waals surface area contributed by atoms with Gasteiger partial charge in [0.25, 0.3) is 5.91 Å². The lowest BCUT2D eigenvalue weighted by molar-refractivity contribution is -0.137. The van der Waals surface area contributed by atoms with E-state index in [1.54, 1.807) is 18.2 Å². The van der Waals surface area contributed by atoms with Gasteiger partial charge in [-0.1, -0.05) is 23.7 Å². The van der Waals surface area contributed by atoms with Crippen molar-refractivity contribution in [3.63, 3.8) is 0 Å². The number of benzene rings is 2. The smallest absolute Gasteiger partial charge is 0.417 e. The zero-order chi connectivity index (χ0) is 19.3. The number of methoxy groups -OCH3 is 1. The number of nitrogens with one attached hydrogen (secondary N) is 1. The summed E-state index contributed by atoms with van der Waals surface area (Å²) in [7, 11) is 1.39. The van der Waals surface area contributed by atoms with Crippen LogP contribution in [0.3, 0.4) is 0 Å². The molecule has 0 aliphatic heterocycles. The molecule has 26 heavy (non-hydrogen) atoms. The lowest BCUT2D eigenvalue weighted by atomic mass is 10.2. The molecule has 9 heteroatoms. The molecule has 138 valence electrons. The lowest BCUT2D eigenvalue weighted by Crippen LogP contribution is -2.32. The summed E-state index contributed by atoms with van der Waals surface area (Å²) in [6.45, 7) is 0. The van der Waals surface area contributed by atoms with Crippen molar-refractivity contribution in [2.75, 3.05) is 12.9 Å². The number of ether oxygens (including phenoxy) is 1. The fourth-order valence-electron chi connectivity index (χ4n) is 2.02. The van der Waals surface area contributed by atoms with E-state index in [9.17, 15) is 22.8 Å². The highest BCUT2D eigenvalue weighted by atomic mass is 35.5.